The molecule has 9 nitrogen and oxygen atoms in total. The van der Waals surface area contributed by atoms with Gasteiger partial charge in [-0.3, -0.25) is 9.89 Å². The van der Waals surface area contributed by atoms with Gasteiger partial charge in [0.05, 0.1) is 35.2 Å². The Balaban J connectivity index is 1.27. The van der Waals surface area contributed by atoms with Crippen LogP contribution >= 0.6 is 0 Å². The van der Waals surface area contributed by atoms with Crippen molar-refractivity contribution in [1.29, 1.82) is 0 Å². The number of hydrogen-bond acceptors (Lipinski definition) is 6. The highest BCUT2D eigenvalue weighted by atomic mass is 16.5. The first-order chi connectivity index (χ1) is 14.7. The number of nitrogens with one attached hydrogen (secondary N) is 1. The number of rotatable bonds is 5. The number of piperidine rings is 1. The molecule has 0 aliphatic carbocycles. The minimum atomic E-state index is 0.135. The Kier molecular flexibility index (Phi) is 4.78. The lowest BCUT2D eigenvalue weighted by Crippen LogP contribution is -2.39. The summed E-state index contributed by atoms with van der Waals surface area (Å²) in [6, 6.07) is 9.69. The first kappa shape index (κ1) is 18.5. The number of H-pyrrole nitrogens is 1. The molecule has 1 N–H and O–H groups in total. The zero-order valence-corrected chi connectivity index (χ0v) is 16.8. The first-order valence-corrected chi connectivity index (χ1v) is 10.2. The first-order valence-electron chi connectivity index (χ1n) is 10.2. The summed E-state index contributed by atoms with van der Waals surface area (Å²) in [5, 5.41) is 19.7. The summed E-state index contributed by atoms with van der Waals surface area (Å²) in [6.07, 6.45) is 4.12. The monoisotopic (exact) mass is 405 g/mol. The molecule has 0 bridgehead atoms. The van der Waals surface area contributed by atoms with Crippen LogP contribution in [0.1, 0.15) is 36.6 Å². The number of aryl methyl sites for hydroxylation is 2. The van der Waals surface area contributed by atoms with E-state index in [1.165, 1.54) is 0 Å². The zero-order chi connectivity index (χ0) is 20.5. The van der Waals surface area contributed by atoms with Crippen molar-refractivity contribution in [3.8, 4) is 11.3 Å². The lowest BCUT2D eigenvalue weighted by atomic mass is 9.91. The summed E-state index contributed by atoms with van der Waals surface area (Å²) in [5.74, 6) is 1.03. The number of aromatic amines is 1. The highest BCUT2D eigenvalue weighted by Crippen LogP contribution is 2.33. The smallest absolute Gasteiger partial charge is 0.224 e. The molecular weight excluding hydrogens is 382 g/mol. The fourth-order valence-electron chi connectivity index (χ4n) is 4.18. The van der Waals surface area contributed by atoms with E-state index in [9.17, 15) is 4.79 Å². The van der Waals surface area contributed by atoms with Crippen LogP contribution in [0.25, 0.3) is 22.4 Å². The molecule has 1 aromatic carbocycles. The van der Waals surface area contributed by atoms with Gasteiger partial charge in [-0.05, 0) is 31.9 Å². The van der Waals surface area contributed by atoms with Gasteiger partial charge in [-0.15, -0.1) is 5.10 Å². The molecule has 1 amide bonds. The minimum absolute atomic E-state index is 0.135. The van der Waals surface area contributed by atoms with Crippen LogP contribution in [0.3, 0.4) is 0 Å². The molecule has 1 atom stereocenters. The third-order valence-corrected chi connectivity index (χ3v) is 5.70. The lowest BCUT2D eigenvalue weighted by molar-refractivity contribution is -0.132. The van der Waals surface area contributed by atoms with E-state index < -0.39 is 0 Å². The molecular formula is C21H23N7O2. The third kappa shape index (κ3) is 3.47. The average molecular weight is 405 g/mol. The molecule has 9 heteroatoms. The maximum Gasteiger partial charge on any atom is 0.224 e. The number of nitrogens with zero attached hydrogens (tertiary/aromatic N) is 6. The second-order valence-corrected chi connectivity index (χ2v) is 7.76. The van der Waals surface area contributed by atoms with Gasteiger partial charge in [0.2, 0.25) is 5.91 Å². The average Bonchev–Trinajstić information content (AvgIpc) is 3.51. The van der Waals surface area contributed by atoms with E-state index in [-0.39, 0.29) is 11.8 Å². The lowest BCUT2D eigenvalue weighted by Gasteiger charge is -2.32. The predicted octanol–water partition coefficient (Wildman–Crippen LogP) is 2.91. The standard InChI is InChI=1S/C21H23N7O2/c1-14-11-19(30-25-14)16-12-22-24-21(16)15-5-4-9-27(13-15)20(29)8-10-28-18-7-3-2-6-17(18)23-26-28/h2-3,6-7,11-12,15H,4-5,8-10,13H2,1H3,(H,22,24). The zero-order valence-electron chi connectivity index (χ0n) is 16.8. The number of aromatic nitrogens is 6. The quantitative estimate of drug-likeness (QED) is 0.547. The van der Waals surface area contributed by atoms with E-state index >= 15 is 0 Å². The normalized spacial score (nSPS) is 17.0. The van der Waals surface area contributed by atoms with E-state index in [4.69, 9.17) is 4.52 Å². The summed E-state index contributed by atoms with van der Waals surface area (Å²) in [7, 11) is 0. The van der Waals surface area contributed by atoms with Gasteiger partial charge in [-0.1, -0.05) is 22.5 Å². The maximum absolute atomic E-state index is 12.9. The van der Waals surface area contributed by atoms with Crippen molar-refractivity contribution < 1.29 is 9.32 Å². The van der Waals surface area contributed by atoms with Crippen molar-refractivity contribution in [2.75, 3.05) is 13.1 Å². The van der Waals surface area contributed by atoms with Crippen molar-refractivity contribution in [3.05, 3.63) is 47.9 Å². The number of likely N-dealkylation sites (tertiary alicyclic amines) is 1. The van der Waals surface area contributed by atoms with Crippen molar-refractivity contribution in [2.24, 2.45) is 0 Å². The van der Waals surface area contributed by atoms with Gasteiger partial charge in [0.15, 0.2) is 5.76 Å². The van der Waals surface area contributed by atoms with E-state index in [2.05, 4.69) is 25.7 Å². The van der Waals surface area contributed by atoms with Crippen LogP contribution in [0.2, 0.25) is 0 Å². The Morgan fingerprint density at radius 2 is 2.23 bits per heavy atom. The van der Waals surface area contributed by atoms with E-state index in [1.54, 1.807) is 10.9 Å². The molecule has 0 spiro atoms. The maximum atomic E-state index is 12.9. The molecule has 0 radical (unpaired) electrons. The minimum Gasteiger partial charge on any atom is -0.356 e. The predicted molar refractivity (Wildman–Crippen MR) is 110 cm³/mol. The summed E-state index contributed by atoms with van der Waals surface area (Å²) in [6.45, 7) is 3.86. The Morgan fingerprint density at radius 3 is 3.10 bits per heavy atom. The molecule has 154 valence electrons. The molecule has 1 saturated heterocycles. The molecule has 4 aromatic rings. The van der Waals surface area contributed by atoms with E-state index in [1.807, 2.05) is 42.2 Å². The number of carbonyl (C=O) groups excluding carboxylic acids is 1. The van der Waals surface area contributed by atoms with Gasteiger partial charge in [-0.2, -0.15) is 5.10 Å². The van der Waals surface area contributed by atoms with Crippen molar-refractivity contribution in [3.63, 3.8) is 0 Å². The van der Waals surface area contributed by atoms with Crippen molar-refractivity contribution >= 4 is 16.9 Å². The molecule has 1 aliphatic heterocycles. The summed E-state index contributed by atoms with van der Waals surface area (Å²) in [5.41, 5.74) is 4.55. The van der Waals surface area contributed by atoms with E-state index in [0.29, 0.717) is 25.3 Å². The third-order valence-electron chi connectivity index (χ3n) is 5.70. The van der Waals surface area contributed by atoms with Gasteiger partial charge in [0.25, 0.3) is 0 Å². The van der Waals surface area contributed by atoms with Gasteiger partial charge in [0, 0.05) is 31.5 Å². The van der Waals surface area contributed by atoms with Gasteiger partial charge in [0.1, 0.15) is 5.52 Å². The van der Waals surface area contributed by atoms with Crippen LogP contribution in [-0.4, -0.2) is 54.2 Å². The molecule has 30 heavy (non-hydrogen) atoms. The summed E-state index contributed by atoms with van der Waals surface area (Å²) >= 11 is 0. The Hall–Kier alpha value is -3.49. The van der Waals surface area contributed by atoms with Crippen LogP contribution in [0.4, 0.5) is 0 Å². The van der Waals surface area contributed by atoms with E-state index in [0.717, 1.165) is 47.4 Å². The molecule has 4 heterocycles. The highest BCUT2D eigenvalue weighted by molar-refractivity contribution is 5.77. The van der Waals surface area contributed by atoms with Gasteiger partial charge < -0.3 is 9.42 Å². The molecule has 1 aliphatic rings. The van der Waals surface area contributed by atoms with Gasteiger partial charge >= 0.3 is 0 Å². The SMILES string of the molecule is Cc1cc(-c2cn[nH]c2C2CCCN(C(=O)CCn3nnc4ccccc43)C2)on1. The van der Waals surface area contributed by atoms with Crippen LogP contribution in [-0.2, 0) is 11.3 Å². The van der Waals surface area contributed by atoms with Crippen LogP contribution in [0.5, 0.6) is 0 Å². The number of carbonyl (C=O) groups is 1. The Labute approximate surface area is 173 Å². The van der Waals surface area contributed by atoms with Crippen molar-refractivity contribution in [1.82, 2.24) is 35.2 Å². The van der Waals surface area contributed by atoms with Gasteiger partial charge in [-0.25, -0.2) is 4.68 Å². The molecule has 1 fully saturated rings. The molecule has 1 unspecified atom stereocenters. The largest absolute Gasteiger partial charge is 0.356 e. The summed E-state index contributed by atoms with van der Waals surface area (Å²) < 4.78 is 7.22. The van der Waals surface area contributed by atoms with Crippen LogP contribution in [0.15, 0.2) is 41.1 Å². The topological polar surface area (TPSA) is 106 Å². The molecule has 3 aromatic heterocycles. The fourth-order valence-corrected chi connectivity index (χ4v) is 4.18. The van der Waals surface area contributed by atoms with Crippen molar-refractivity contribution in [2.45, 2.75) is 38.6 Å². The Morgan fingerprint density at radius 1 is 1.33 bits per heavy atom. The second kappa shape index (κ2) is 7.74. The summed E-state index contributed by atoms with van der Waals surface area (Å²) in [4.78, 5) is 14.9. The molecule has 5 rings (SSSR count). The Bertz CT molecular complexity index is 1170. The van der Waals surface area contributed by atoms with Crippen LogP contribution in [0, 0.1) is 6.92 Å². The van der Waals surface area contributed by atoms with Crippen LogP contribution < -0.4 is 0 Å². The number of amides is 1. The molecule has 0 saturated carbocycles. The number of para-hydroxylation sites is 1. The fraction of sp³-hybridized carbons (Fsp3) is 0.381. The number of hydrogen-bond donors (Lipinski definition) is 1. The number of fused-ring (bicyclic) bond motifs is 1. The highest BCUT2D eigenvalue weighted by Gasteiger charge is 2.28. The second-order valence-electron chi connectivity index (χ2n) is 7.76. The number of benzene rings is 1.